The number of hydrogen-bond donors (Lipinski definition) is 1. The average molecular weight is 371 g/mol. The normalized spacial score (nSPS) is 16.6. The number of hydrogen-bond acceptors (Lipinski definition) is 4. The van der Waals surface area contributed by atoms with Crippen molar-refractivity contribution in [1.29, 1.82) is 0 Å². The molecule has 4 amide bonds. The van der Waals surface area contributed by atoms with Crippen LogP contribution < -0.4 is 15.0 Å². The third-order valence-corrected chi connectivity index (χ3v) is 4.24. The summed E-state index contributed by atoms with van der Waals surface area (Å²) in [4.78, 5) is 39.6. The molecular weight excluding hydrogens is 353 g/mol. The number of anilines is 2. The highest BCUT2D eigenvalue weighted by Gasteiger charge is 2.44. The molecular formula is C19H18FN3O4. The van der Waals surface area contributed by atoms with Gasteiger partial charge in [0.1, 0.15) is 24.2 Å². The minimum absolute atomic E-state index is 0.384. The van der Waals surface area contributed by atoms with Crippen LogP contribution in [-0.4, -0.2) is 42.4 Å². The highest BCUT2D eigenvalue weighted by atomic mass is 19.1. The van der Waals surface area contributed by atoms with E-state index in [1.807, 2.05) is 0 Å². The van der Waals surface area contributed by atoms with Gasteiger partial charge in [-0.1, -0.05) is 12.1 Å². The average Bonchev–Trinajstić information content (AvgIpc) is 2.86. The van der Waals surface area contributed by atoms with Gasteiger partial charge in [0.15, 0.2) is 0 Å². The summed E-state index contributed by atoms with van der Waals surface area (Å²) in [6.45, 7) is 1.12. The Hall–Kier alpha value is -3.42. The van der Waals surface area contributed by atoms with E-state index in [4.69, 9.17) is 4.74 Å². The number of imide groups is 1. The Morgan fingerprint density at radius 2 is 1.81 bits per heavy atom. The van der Waals surface area contributed by atoms with Crippen molar-refractivity contribution in [2.75, 3.05) is 23.9 Å². The summed E-state index contributed by atoms with van der Waals surface area (Å²) in [6.07, 6.45) is 0. The maximum Gasteiger partial charge on any atom is 0.332 e. The van der Waals surface area contributed by atoms with Crippen molar-refractivity contribution in [2.24, 2.45) is 0 Å². The zero-order chi connectivity index (χ0) is 19.6. The Labute approximate surface area is 155 Å². The van der Waals surface area contributed by atoms with Crippen molar-refractivity contribution in [2.45, 2.75) is 13.0 Å². The van der Waals surface area contributed by atoms with Crippen LogP contribution in [0, 0.1) is 5.82 Å². The predicted octanol–water partition coefficient (Wildman–Crippen LogP) is 2.63. The molecule has 140 valence electrons. The summed E-state index contributed by atoms with van der Waals surface area (Å²) in [6, 6.07) is 10.6. The first kappa shape index (κ1) is 18.4. The van der Waals surface area contributed by atoms with E-state index in [9.17, 15) is 18.8 Å². The summed E-state index contributed by atoms with van der Waals surface area (Å²) < 4.78 is 18.3. The Balaban J connectivity index is 1.75. The molecule has 7 nitrogen and oxygen atoms in total. The number of carbonyl (C=O) groups is 3. The Bertz CT molecular complexity index is 885. The molecule has 1 aliphatic rings. The molecule has 1 atom stereocenters. The van der Waals surface area contributed by atoms with Crippen LogP contribution in [0.25, 0.3) is 0 Å². The largest absolute Gasteiger partial charge is 0.495 e. The van der Waals surface area contributed by atoms with Gasteiger partial charge in [0.25, 0.3) is 5.91 Å². The molecule has 1 aliphatic heterocycles. The Morgan fingerprint density at radius 3 is 2.48 bits per heavy atom. The van der Waals surface area contributed by atoms with Crippen molar-refractivity contribution < 1.29 is 23.5 Å². The molecule has 0 bridgehead atoms. The van der Waals surface area contributed by atoms with E-state index in [1.165, 1.54) is 36.3 Å². The van der Waals surface area contributed by atoms with E-state index in [1.54, 1.807) is 31.2 Å². The molecule has 2 aromatic carbocycles. The molecule has 1 N–H and O–H groups in total. The van der Waals surface area contributed by atoms with Crippen molar-refractivity contribution in [3.63, 3.8) is 0 Å². The van der Waals surface area contributed by atoms with Gasteiger partial charge >= 0.3 is 6.03 Å². The number of benzene rings is 2. The van der Waals surface area contributed by atoms with E-state index >= 15 is 0 Å². The van der Waals surface area contributed by atoms with Crippen LogP contribution in [0.4, 0.5) is 20.6 Å². The third-order valence-electron chi connectivity index (χ3n) is 4.24. The SMILES string of the molecule is COc1ccccc1NC(=O)CN1C(=O)C(C)N(c2ccc(F)cc2)C1=O. The number of para-hydroxylation sites is 2. The summed E-state index contributed by atoms with van der Waals surface area (Å²) >= 11 is 0. The van der Waals surface area contributed by atoms with Crippen LogP contribution in [0.15, 0.2) is 48.5 Å². The molecule has 1 unspecified atom stereocenters. The summed E-state index contributed by atoms with van der Waals surface area (Å²) in [5.74, 6) is -1.02. The molecule has 1 heterocycles. The van der Waals surface area contributed by atoms with Crippen LogP contribution in [0.2, 0.25) is 0 Å². The predicted molar refractivity (Wildman–Crippen MR) is 97.1 cm³/mol. The number of methoxy groups -OCH3 is 1. The zero-order valence-electron chi connectivity index (χ0n) is 14.8. The van der Waals surface area contributed by atoms with E-state index in [2.05, 4.69) is 5.32 Å². The quantitative estimate of drug-likeness (QED) is 0.820. The maximum absolute atomic E-state index is 13.1. The second-order valence-corrected chi connectivity index (χ2v) is 5.98. The van der Waals surface area contributed by atoms with Gasteiger partial charge in [0.05, 0.1) is 12.8 Å². The number of nitrogens with zero attached hydrogens (tertiary/aromatic N) is 2. The van der Waals surface area contributed by atoms with Gasteiger partial charge in [-0.3, -0.25) is 19.4 Å². The van der Waals surface area contributed by atoms with Gasteiger partial charge in [-0.25, -0.2) is 9.18 Å². The zero-order valence-corrected chi connectivity index (χ0v) is 14.8. The molecule has 8 heteroatoms. The van der Waals surface area contributed by atoms with Crippen LogP contribution in [0.1, 0.15) is 6.92 Å². The lowest BCUT2D eigenvalue weighted by Gasteiger charge is -2.19. The van der Waals surface area contributed by atoms with Crippen LogP contribution in [0.5, 0.6) is 5.75 Å². The lowest BCUT2D eigenvalue weighted by Crippen LogP contribution is -2.39. The summed E-state index contributed by atoms with van der Waals surface area (Å²) in [5.41, 5.74) is 0.822. The fourth-order valence-electron chi connectivity index (χ4n) is 2.89. The van der Waals surface area contributed by atoms with Crippen molar-refractivity contribution in [3.8, 4) is 5.75 Å². The smallest absolute Gasteiger partial charge is 0.332 e. The standard InChI is InChI=1S/C19H18FN3O4/c1-12-18(25)22(19(26)23(12)14-9-7-13(20)8-10-14)11-17(24)21-15-5-3-4-6-16(15)27-2/h3-10,12H,11H2,1-2H3,(H,21,24). The van der Waals surface area contributed by atoms with E-state index in [-0.39, 0.29) is 0 Å². The number of ether oxygens (including phenoxy) is 1. The summed E-state index contributed by atoms with van der Waals surface area (Å²) in [5, 5.41) is 2.63. The second-order valence-electron chi connectivity index (χ2n) is 5.98. The molecule has 3 rings (SSSR count). The Kier molecular flexibility index (Phi) is 5.07. The molecule has 0 saturated carbocycles. The van der Waals surface area contributed by atoms with Crippen LogP contribution >= 0.6 is 0 Å². The molecule has 0 radical (unpaired) electrons. The molecule has 2 aromatic rings. The second kappa shape index (κ2) is 7.45. The number of urea groups is 1. The van der Waals surface area contributed by atoms with Gasteiger partial charge in [0, 0.05) is 5.69 Å². The fourth-order valence-corrected chi connectivity index (χ4v) is 2.89. The minimum atomic E-state index is -0.790. The topological polar surface area (TPSA) is 79.0 Å². The first-order valence-corrected chi connectivity index (χ1v) is 8.25. The molecule has 0 spiro atoms. The van der Waals surface area contributed by atoms with Gasteiger partial charge < -0.3 is 10.1 Å². The first-order chi connectivity index (χ1) is 12.9. The highest BCUT2D eigenvalue weighted by Crippen LogP contribution is 2.27. The van der Waals surface area contributed by atoms with Crippen LogP contribution in [-0.2, 0) is 9.59 Å². The number of rotatable bonds is 5. The number of amides is 4. The first-order valence-electron chi connectivity index (χ1n) is 8.25. The van der Waals surface area contributed by atoms with Gasteiger partial charge in [-0.15, -0.1) is 0 Å². The molecule has 1 saturated heterocycles. The van der Waals surface area contributed by atoms with Gasteiger partial charge in [0.2, 0.25) is 5.91 Å². The number of carbonyl (C=O) groups excluding carboxylic acids is 3. The maximum atomic E-state index is 13.1. The highest BCUT2D eigenvalue weighted by molar-refractivity contribution is 6.16. The lowest BCUT2D eigenvalue weighted by molar-refractivity contribution is -0.130. The van der Waals surface area contributed by atoms with Crippen molar-refractivity contribution >= 4 is 29.2 Å². The van der Waals surface area contributed by atoms with Gasteiger partial charge in [-0.05, 0) is 43.3 Å². The Morgan fingerprint density at radius 1 is 1.15 bits per heavy atom. The monoisotopic (exact) mass is 371 g/mol. The van der Waals surface area contributed by atoms with Crippen LogP contribution in [0.3, 0.4) is 0 Å². The molecule has 27 heavy (non-hydrogen) atoms. The number of nitrogens with one attached hydrogen (secondary N) is 1. The molecule has 1 fully saturated rings. The van der Waals surface area contributed by atoms with Crippen molar-refractivity contribution in [1.82, 2.24) is 4.90 Å². The molecule has 0 aliphatic carbocycles. The lowest BCUT2D eigenvalue weighted by atomic mass is 10.2. The van der Waals surface area contributed by atoms with E-state index in [0.717, 1.165) is 4.90 Å². The minimum Gasteiger partial charge on any atom is -0.495 e. The van der Waals surface area contributed by atoms with Crippen molar-refractivity contribution in [3.05, 3.63) is 54.3 Å². The van der Waals surface area contributed by atoms with E-state index in [0.29, 0.717) is 17.1 Å². The third kappa shape index (κ3) is 3.59. The van der Waals surface area contributed by atoms with Gasteiger partial charge in [-0.2, -0.15) is 0 Å². The number of halogens is 1. The van der Waals surface area contributed by atoms with E-state index < -0.39 is 36.2 Å². The fraction of sp³-hybridized carbons (Fsp3) is 0.211. The molecule has 0 aromatic heterocycles. The summed E-state index contributed by atoms with van der Waals surface area (Å²) in [7, 11) is 1.47.